The predicted octanol–water partition coefficient (Wildman–Crippen LogP) is 4.46. The zero-order valence-electron chi connectivity index (χ0n) is 16.4. The van der Waals surface area contributed by atoms with E-state index in [1.807, 2.05) is 6.92 Å². The van der Waals surface area contributed by atoms with E-state index in [1.165, 1.54) is 31.2 Å². The van der Waals surface area contributed by atoms with Crippen LogP contribution in [0.15, 0.2) is 56.8 Å². The van der Waals surface area contributed by atoms with Crippen molar-refractivity contribution in [3.8, 4) is 5.75 Å². The van der Waals surface area contributed by atoms with Crippen molar-refractivity contribution < 1.29 is 18.3 Å². The quantitative estimate of drug-likeness (QED) is 0.341. The van der Waals surface area contributed by atoms with Crippen LogP contribution in [-0.4, -0.2) is 18.2 Å². The molecule has 0 bridgehead atoms. The topological polar surface area (TPSA) is 80.9 Å². The lowest BCUT2D eigenvalue weighted by atomic mass is 10.1. The molecule has 0 aliphatic heterocycles. The molecular formula is C22H20ClFN2O4. The molecule has 0 unspecified atom stereocenters. The molecule has 0 fully saturated rings. The minimum Gasteiger partial charge on any atom is -0.481 e. The van der Waals surface area contributed by atoms with Crippen LogP contribution in [0.25, 0.3) is 11.0 Å². The average Bonchev–Trinajstić information content (AvgIpc) is 2.70. The van der Waals surface area contributed by atoms with Gasteiger partial charge in [0.1, 0.15) is 17.1 Å². The lowest BCUT2D eigenvalue weighted by molar-refractivity contribution is -0.127. The van der Waals surface area contributed by atoms with E-state index in [1.54, 1.807) is 18.2 Å². The fourth-order valence-corrected chi connectivity index (χ4v) is 3.11. The third-order valence-electron chi connectivity index (χ3n) is 4.37. The zero-order chi connectivity index (χ0) is 21.7. The number of ether oxygens (including phenoxy) is 1. The van der Waals surface area contributed by atoms with Crippen molar-refractivity contribution in [2.45, 2.75) is 32.8 Å². The molecule has 1 atom stereocenters. The Morgan fingerprint density at radius 2 is 2.13 bits per heavy atom. The number of carbonyl (C=O) groups excluding carboxylic acids is 1. The number of nitrogens with one attached hydrogen (secondary N) is 1. The monoisotopic (exact) mass is 430 g/mol. The third-order valence-corrected chi connectivity index (χ3v) is 4.70. The molecule has 3 rings (SSSR count). The van der Waals surface area contributed by atoms with E-state index in [2.05, 4.69) is 10.5 Å². The van der Waals surface area contributed by atoms with Gasteiger partial charge in [0, 0.05) is 23.1 Å². The number of hydrogen-bond acceptors (Lipinski definition) is 5. The first-order valence-corrected chi connectivity index (χ1v) is 9.77. The second-order valence-corrected chi connectivity index (χ2v) is 7.04. The summed E-state index contributed by atoms with van der Waals surface area (Å²) in [5.41, 5.74) is 3.22. The summed E-state index contributed by atoms with van der Waals surface area (Å²) < 4.78 is 24.6. The lowest BCUT2D eigenvalue weighted by Gasteiger charge is -2.13. The minimum atomic E-state index is -0.902. The van der Waals surface area contributed by atoms with Crippen LogP contribution >= 0.6 is 11.6 Å². The standard InChI is InChI=1S/C22H20ClFN2O4/c1-3-5-14-10-21(27)30-20-11-15(8-9-16(14)20)29-13(2)22(28)26-25-12-17-18(23)6-4-7-19(17)24/h4,6-13H,3,5H2,1-2H3,(H,26,28)/b25-12-/t13-/m0/s1. The number of amides is 1. The third kappa shape index (κ3) is 5.04. The SMILES string of the molecule is CCCc1cc(=O)oc2cc(O[C@@H](C)C(=O)N/N=C\c3c(F)cccc3Cl)ccc12. The van der Waals surface area contributed by atoms with Crippen molar-refractivity contribution in [3.05, 3.63) is 74.9 Å². The summed E-state index contributed by atoms with van der Waals surface area (Å²) in [6, 6.07) is 10.8. The Hall–Kier alpha value is -3.19. The van der Waals surface area contributed by atoms with Crippen molar-refractivity contribution in [3.63, 3.8) is 0 Å². The molecule has 1 N–H and O–H groups in total. The number of hydrogen-bond donors (Lipinski definition) is 1. The summed E-state index contributed by atoms with van der Waals surface area (Å²) in [4.78, 5) is 24.0. The molecule has 156 valence electrons. The molecule has 0 spiro atoms. The minimum absolute atomic E-state index is 0.0699. The molecule has 1 heterocycles. The molecule has 0 saturated heterocycles. The molecule has 1 aromatic heterocycles. The van der Waals surface area contributed by atoms with Gasteiger partial charge in [-0.25, -0.2) is 14.6 Å². The molecule has 0 aliphatic rings. The molecular weight excluding hydrogens is 411 g/mol. The van der Waals surface area contributed by atoms with Gasteiger partial charge in [0.25, 0.3) is 5.91 Å². The van der Waals surface area contributed by atoms with E-state index >= 15 is 0 Å². The maximum Gasteiger partial charge on any atom is 0.336 e. The average molecular weight is 431 g/mol. The highest BCUT2D eigenvalue weighted by Crippen LogP contribution is 2.24. The Morgan fingerprint density at radius 1 is 1.33 bits per heavy atom. The van der Waals surface area contributed by atoms with Gasteiger partial charge in [-0.05, 0) is 43.2 Å². The largest absolute Gasteiger partial charge is 0.481 e. The van der Waals surface area contributed by atoms with Crippen molar-refractivity contribution in [2.75, 3.05) is 0 Å². The molecule has 30 heavy (non-hydrogen) atoms. The number of carbonyl (C=O) groups is 1. The van der Waals surface area contributed by atoms with Gasteiger partial charge < -0.3 is 9.15 Å². The van der Waals surface area contributed by atoms with Gasteiger partial charge in [-0.3, -0.25) is 4.79 Å². The van der Waals surface area contributed by atoms with Crippen LogP contribution in [0.4, 0.5) is 4.39 Å². The van der Waals surface area contributed by atoms with Gasteiger partial charge in [0.15, 0.2) is 6.10 Å². The lowest BCUT2D eigenvalue weighted by Crippen LogP contribution is -2.33. The highest BCUT2D eigenvalue weighted by molar-refractivity contribution is 6.33. The molecule has 1 amide bonds. The number of rotatable bonds is 7. The van der Waals surface area contributed by atoms with Crippen LogP contribution < -0.4 is 15.8 Å². The zero-order valence-corrected chi connectivity index (χ0v) is 17.2. The normalized spacial score (nSPS) is 12.3. The van der Waals surface area contributed by atoms with E-state index in [0.29, 0.717) is 11.3 Å². The molecule has 0 saturated carbocycles. The van der Waals surface area contributed by atoms with E-state index in [0.717, 1.165) is 30.0 Å². The summed E-state index contributed by atoms with van der Waals surface area (Å²) in [5, 5.41) is 4.73. The second kappa shape index (κ2) is 9.54. The van der Waals surface area contributed by atoms with Crippen LogP contribution in [0.3, 0.4) is 0 Å². The van der Waals surface area contributed by atoms with Gasteiger partial charge in [0.05, 0.1) is 11.2 Å². The van der Waals surface area contributed by atoms with Crippen molar-refractivity contribution >= 4 is 34.7 Å². The fourth-order valence-electron chi connectivity index (χ4n) is 2.90. The van der Waals surface area contributed by atoms with Gasteiger partial charge >= 0.3 is 5.63 Å². The Bertz CT molecular complexity index is 1140. The number of hydrazone groups is 1. The van der Waals surface area contributed by atoms with Gasteiger partial charge in [-0.1, -0.05) is 31.0 Å². The molecule has 8 heteroatoms. The Balaban J connectivity index is 1.70. The molecule has 0 radical (unpaired) electrons. The number of fused-ring (bicyclic) bond motifs is 1. The van der Waals surface area contributed by atoms with Gasteiger partial charge in [0.2, 0.25) is 0 Å². The van der Waals surface area contributed by atoms with Crippen LogP contribution in [-0.2, 0) is 11.2 Å². The first kappa shape index (κ1) is 21.5. The van der Waals surface area contributed by atoms with E-state index in [9.17, 15) is 14.0 Å². The Morgan fingerprint density at radius 3 is 2.87 bits per heavy atom. The fraction of sp³-hybridized carbons (Fsp3) is 0.227. The highest BCUT2D eigenvalue weighted by Gasteiger charge is 2.15. The van der Waals surface area contributed by atoms with Crippen molar-refractivity contribution in [1.82, 2.24) is 5.43 Å². The van der Waals surface area contributed by atoms with Gasteiger partial charge in [-0.2, -0.15) is 5.10 Å². The number of nitrogens with zero attached hydrogens (tertiary/aromatic N) is 1. The number of benzene rings is 2. The Kier molecular flexibility index (Phi) is 6.84. The van der Waals surface area contributed by atoms with E-state index < -0.39 is 23.5 Å². The van der Waals surface area contributed by atoms with Crippen LogP contribution in [0.1, 0.15) is 31.4 Å². The number of aryl methyl sites for hydroxylation is 1. The Labute approximate surface area is 177 Å². The predicted molar refractivity (Wildman–Crippen MR) is 114 cm³/mol. The summed E-state index contributed by atoms with van der Waals surface area (Å²) in [5.74, 6) is -0.729. The molecule has 3 aromatic rings. The maximum atomic E-state index is 13.7. The van der Waals surface area contributed by atoms with Crippen LogP contribution in [0.5, 0.6) is 5.75 Å². The summed E-state index contributed by atoms with van der Waals surface area (Å²) in [6.45, 7) is 3.57. The summed E-state index contributed by atoms with van der Waals surface area (Å²) in [6.07, 6.45) is 1.88. The molecule has 2 aromatic carbocycles. The highest BCUT2D eigenvalue weighted by atomic mass is 35.5. The maximum absolute atomic E-state index is 13.7. The van der Waals surface area contributed by atoms with Crippen LogP contribution in [0, 0.1) is 5.82 Å². The van der Waals surface area contributed by atoms with Crippen LogP contribution in [0.2, 0.25) is 5.02 Å². The smallest absolute Gasteiger partial charge is 0.336 e. The second-order valence-electron chi connectivity index (χ2n) is 6.63. The van der Waals surface area contributed by atoms with Crippen molar-refractivity contribution in [2.24, 2.45) is 5.10 Å². The molecule has 6 nitrogen and oxygen atoms in total. The van der Waals surface area contributed by atoms with E-state index in [4.69, 9.17) is 20.8 Å². The first-order valence-electron chi connectivity index (χ1n) is 9.39. The van der Waals surface area contributed by atoms with Gasteiger partial charge in [-0.15, -0.1) is 0 Å². The van der Waals surface area contributed by atoms with Crippen molar-refractivity contribution in [1.29, 1.82) is 0 Å². The first-order chi connectivity index (χ1) is 14.4. The van der Waals surface area contributed by atoms with E-state index in [-0.39, 0.29) is 10.6 Å². The molecule has 0 aliphatic carbocycles. The number of halogens is 2. The summed E-state index contributed by atoms with van der Waals surface area (Å²) in [7, 11) is 0. The summed E-state index contributed by atoms with van der Waals surface area (Å²) >= 11 is 5.90.